The number of rotatable bonds is 6. The van der Waals surface area contributed by atoms with Gasteiger partial charge in [-0.15, -0.1) is 0 Å². The van der Waals surface area contributed by atoms with Crippen molar-refractivity contribution in [2.45, 2.75) is 19.4 Å². The maximum absolute atomic E-state index is 13.1. The van der Waals surface area contributed by atoms with Gasteiger partial charge in [-0.25, -0.2) is 9.37 Å². The summed E-state index contributed by atoms with van der Waals surface area (Å²) in [4.78, 5) is 15.7. The molecule has 0 fully saturated rings. The van der Waals surface area contributed by atoms with Crippen molar-refractivity contribution in [2.75, 3.05) is 12.3 Å². The molecule has 0 bridgehead atoms. The van der Waals surface area contributed by atoms with E-state index < -0.39 is 5.82 Å². The predicted octanol–water partition coefficient (Wildman–Crippen LogP) is 1.81. The Morgan fingerprint density at radius 2 is 2.20 bits per heavy atom. The molecule has 106 valence electrons. The van der Waals surface area contributed by atoms with Crippen LogP contribution < -0.4 is 11.1 Å². The molecule has 0 aliphatic carbocycles. The number of imidazole rings is 1. The average molecular weight is 276 g/mol. The number of nitrogens with zero attached hydrogens (tertiary/aromatic N) is 2. The Balaban J connectivity index is 1.72. The zero-order valence-corrected chi connectivity index (χ0v) is 11.1. The van der Waals surface area contributed by atoms with Gasteiger partial charge in [0, 0.05) is 36.7 Å². The van der Waals surface area contributed by atoms with Crippen LogP contribution in [0.15, 0.2) is 36.9 Å². The van der Waals surface area contributed by atoms with Crippen molar-refractivity contribution in [1.29, 1.82) is 0 Å². The summed E-state index contributed by atoms with van der Waals surface area (Å²) in [5.41, 5.74) is 5.99. The molecule has 2 aromatic rings. The summed E-state index contributed by atoms with van der Waals surface area (Å²) >= 11 is 0. The van der Waals surface area contributed by atoms with Gasteiger partial charge in [0.05, 0.1) is 6.33 Å². The molecule has 3 N–H and O–H groups in total. The third-order valence-electron chi connectivity index (χ3n) is 2.87. The van der Waals surface area contributed by atoms with Crippen LogP contribution in [0.4, 0.5) is 10.1 Å². The number of aromatic nitrogens is 2. The molecule has 2 rings (SSSR count). The number of halogens is 1. The minimum absolute atomic E-state index is 0.246. The molecule has 1 amide bonds. The van der Waals surface area contributed by atoms with E-state index in [4.69, 9.17) is 5.73 Å². The van der Waals surface area contributed by atoms with Crippen LogP contribution in [-0.2, 0) is 6.54 Å². The maximum atomic E-state index is 13.1. The first-order valence-corrected chi connectivity index (χ1v) is 6.45. The van der Waals surface area contributed by atoms with Crippen LogP contribution in [0, 0.1) is 5.82 Å². The fourth-order valence-corrected chi connectivity index (χ4v) is 1.89. The highest BCUT2D eigenvalue weighted by atomic mass is 19.1. The second-order valence-corrected chi connectivity index (χ2v) is 4.54. The predicted molar refractivity (Wildman–Crippen MR) is 74.6 cm³/mol. The SMILES string of the molecule is Nc1cc(F)cc(C(=O)NCCCCn2ccnc2)c1. The van der Waals surface area contributed by atoms with Crippen LogP contribution in [0.1, 0.15) is 23.2 Å². The van der Waals surface area contributed by atoms with Gasteiger partial charge in [0.25, 0.3) is 5.91 Å². The van der Waals surface area contributed by atoms with Gasteiger partial charge < -0.3 is 15.6 Å². The van der Waals surface area contributed by atoms with Gasteiger partial charge in [0.1, 0.15) is 5.82 Å². The van der Waals surface area contributed by atoms with Crippen molar-refractivity contribution >= 4 is 11.6 Å². The van der Waals surface area contributed by atoms with Crippen molar-refractivity contribution in [3.8, 4) is 0 Å². The first-order valence-electron chi connectivity index (χ1n) is 6.45. The van der Waals surface area contributed by atoms with Gasteiger partial charge in [-0.3, -0.25) is 4.79 Å². The van der Waals surface area contributed by atoms with Crippen LogP contribution in [0.2, 0.25) is 0 Å². The Bertz CT molecular complexity index is 548. The van der Waals surface area contributed by atoms with Gasteiger partial charge in [-0.05, 0) is 31.0 Å². The number of nitrogens with one attached hydrogen (secondary N) is 1. The van der Waals surface area contributed by atoms with Gasteiger partial charge >= 0.3 is 0 Å². The summed E-state index contributed by atoms with van der Waals surface area (Å²) < 4.78 is 15.1. The second-order valence-electron chi connectivity index (χ2n) is 4.54. The van der Waals surface area contributed by atoms with Crippen molar-refractivity contribution < 1.29 is 9.18 Å². The zero-order chi connectivity index (χ0) is 14.4. The minimum Gasteiger partial charge on any atom is -0.399 e. The molecule has 0 saturated heterocycles. The molecule has 1 aromatic heterocycles. The summed E-state index contributed by atoms with van der Waals surface area (Å²) in [6.07, 6.45) is 7.16. The van der Waals surface area contributed by atoms with E-state index in [1.165, 1.54) is 18.2 Å². The topological polar surface area (TPSA) is 72.9 Å². The molecule has 5 nitrogen and oxygen atoms in total. The third-order valence-corrected chi connectivity index (χ3v) is 2.87. The van der Waals surface area contributed by atoms with E-state index in [1.54, 1.807) is 12.5 Å². The van der Waals surface area contributed by atoms with Gasteiger partial charge in [-0.2, -0.15) is 0 Å². The van der Waals surface area contributed by atoms with Crippen molar-refractivity contribution in [3.63, 3.8) is 0 Å². The van der Waals surface area contributed by atoms with Crippen LogP contribution in [0.25, 0.3) is 0 Å². The molecule has 0 atom stereocenters. The number of hydrogen-bond donors (Lipinski definition) is 2. The first kappa shape index (κ1) is 14.0. The Morgan fingerprint density at radius 1 is 1.35 bits per heavy atom. The summed E-state index contributed by atoms with van der Waals surface area (Å²) in [5, 5.41) is 2.75. The van der Waals surface area contributed by atoms with E-state index in [-0.39, 0.29) is 17.2 Å². The number of carbonyl (C=O) groups is 1. The molecule has 0 saturated carbocycles. The van der Waals surface area contributed by atoms with E-state index in [0.29, 0.717) is 6.54 Å². The first-order chi connectivity index (χ1) is 9.65. The van der Waals surface area contributed by atoms with Gasteiger partial charge in [-0.1, -0.05) is 0 Å². The van der Waals surface area contributed by atoms with E-state index in [1.807, 2.05) is 10.8 Å². The molecule has 0 unspecified atom stereocenters. The highest BCUT2D eigenvalue weighted by Crippen LogP contribution is 2.10. The minimum atomic E-state index is -0.504. The van der Waals surface area contributed by atoms with Gasteiger partial charge in [0.15, 0.2) is 0 Å². The lowest BCUT2D eigenvalue weighted by Crippen LogP contribution is -2.24. The number of benzene rings is 1. The number of hydrogen-bond acceptors (Lipinski definition) is 3. The number of aryl methyl sites for hydroxylation is 1. The normalized spacial score (nSPS) is 10.4. The maximum Gasteiger partial charge on any atom is 0.251 e. The number of nitrogens with two attached hydrogens (primary N) is 1. The van der Waals surface area contributed by atoms with Crippen molar-refractivity contribution in [3.05, 3.63) is 48.3 Å². The molecule has 0 aliphatic rings. The van der Waals surface area contributed by atoms with Crippen molar-refractivity contribution in [1.82, 2.24) is 14.9 Å². The Labute approximate surface area is 116 Å². The Kier molecular flexibility index (Phi) is 4.70. The second kappa shape index (κ2) is 6.70. The van der Waals surface area contributed by atoms with E-state index >= 15 is 0 Å². The van der Waals surface area contributed by atoms with Gasteiger partial charge in [0.2, 0.25) is 0 Å². The standard InChI is InChI=1S/C14H17FN4O/c15-12-7-11(8-13(16)9-12)14(20)18-3-1-2-5-19-6-4-17-10-19/h4,6-10H,1-3,5,16H2,(H,18,20). The molecule has 6 heteroatoms. The molecule has 0 spiro atoms. The number of anilines is 1. The number of nitrogen functional groups attached to an aromatic ring is 1. The third kappa shape index (κ3) is 4.08. The molecule has 0 radical (unpaired) electrons. The molecule has 20 heavy (non-hydrogen) atoms. The average Bonchev–Trinajstić information content (AvgIpc) is 2.90. The van der Waals surface area contributed by atoms with Crippen molar-refractivity contribution in [2.24, 2.45) is 0 Å². The van der Waals surface area contributed by atoms with Crippen LogP contribution in [0.3, 0.4) is 0 Å². The lowest BCUT2D eigenvalue weighted by atomic mass is 10.2. The summed E-state index contributed by atoms with van der Waals surface area (Å²) in [5.74, 6) is -0.811. The zero-order valence-electron chi connectivity index (χ0n) is 11.1. The van der Waals surface area contributed by atoms with E-state index in [9.17, 15) is 9.18 Å². The Morgan fingerprint density at radius 3 is 2.90 bits per heavy atom. The molecular formula is C14H17FN4O. The van der Waals surface area contributed by atoms with Crippen LogP contribution in [-0.4, -0.2) is 22.0 Å². The number of carbonyl (C=O) groups excluding carboxylic acids is 1. The monoisotopic (exact) mass is 276 g/mol. The fourth-order valence-electron chi connectivity index (χ4n) is 1.89. The summed E-state index contributed by atoms with van der Waals surface area (Å²) in [7, 11) is 0. The molecule has 1 heterocycles. The number of amides is 1. The fraction of sp³-hybridized carbons (Fsp3) is 0.286. The lowest BCUT2D eigenvalue weighted by Gasteiger charge is -2.06. The summed E-state index contributed by atoms with van der Waals surface area (Å²) in [6, 6.07) is 3.82. The highest BCUT2D eigenvalue weighted by molar-refractivity contribution is 5.95. The smallest absolute Gasteiger partial charge is 0.251 e. The molecule has 0 aliphatic heterocycles. The summed E-state index contributed by atoms with van der Waals surface area (Å²) in [6.45, 7) is 1.41. The van der Waals surface area contributed by atoms with E-state index in [2.05, 4.69) is 10.3 Å². The lowest BCUT2D eigenvalue weighted by molar-refractivity contribution is 0.0952. The Hall–Kier alpha value is -2.37. The molecular weight excluding hydrogens is 259 g/mol. The van der Waals surface area contributed by atoms with Crippen LogP contribution >= 0.6 is 0 Å². The van der Waals surface area contributed by atoms with Crippen LogP contribution in [0.5, 0.6) is 0 Å². The molecule has 1 aromatic carbocycles. The largest absolute Gasteiger partial charge is 0.399 e. The van der Waals surface area contributed by atoms with E-state index in [0.717, 1.165) is 19.4 Å². The quantitative estimate of drug-likeness (QED) is 0.624. The highest BCUT2D eigenvalue weighted by Gasteiger charge is 2.07. The number of unbranched alkanes of at least 4 members (excludes halogenated alkanes) is 1.